The van der Waals surface area contributed by atoms with Crippen LogP contribution in [0.3, 0.4) is 0 Å². The molecule has 0 fully saturated rings. The molecule has 8 heteroatoms. The van der Waals surface area contributed by atoms with Crippen molar-refractivity contribution in [3.05, 3.63) is 87.0 Å². The van der Waals surface area contributed by atoms with Crippen molar-refractivity contribution in [1.82, 2.24) is 4.98 Å². The maximum absolute atomic E-state index is 14.5. The number of para-hydroxylation sites is 1. The van der Waals surface area contributed by atoms with Crippen molar-refractivity contribution < 1.29 is 18.7 Å². The van der Waals surface area contributed by atoms with Crippen LogP contribution in [-0.4, -0.2) is 23.3 Å². The second-order valence-electron chi connectivity index (χ2n) is 8.16. The number of hydrogen-bond donors (Lipinski definition) is 1. The van der Waals surface area contributed by atoms with Crippen molar-refractivity contribution >= 4 is 45.9 Å². The lowest BCUT2D eigenvalue weighted by Gasteiger charge is -2.22. The first-order chi connectivity index (χ1) is 16.8. The molecule has 0 saturated heterocycles. The molecule has 2 N–H and O–H groups in total. The van der Waals surface area contributed by atoms with E-state index in [2.05, 4.69) is 0 Å². The Balaban J connectivity index is 1.80. The summed E-state index contributed by atoms with van der Waals surface area (Å²) in [6, 6.07) is 13.3. The molecule has 0 amide bonds. The summed E-state index contributed by atoms with van der Waals surface area (Å²) in [7, 11) is 0. The van der Waals surface area contributed by atoms with Crippen molar-refractivity contribution in [3.8, 4) is 6.07 Å². The number of ketones is 1. The molecule has 0 aliphatic heterocycles. The monoisotopic (exact) mass is 489 g/mol. The summed E-state index contributed by atoms with van der Waals surface area (Å²) in [6.07, 6.45) is 3.56. The highest BCUT2D eigenvalue weighted by atomic mass is 35.5. The van der Waals surface area contributed by atoms with E-state index in [1.807, 2.05) is 0 Å². The second-order valence-corrected chi connectivity index (χ2v) is 8.57. The lowest BCUT2D eigenvalue weighted by atomic mass is 9.86. The number of rotatable bonds is 5. The zero-order valence-corrected chi connectivity index (χ0v) is 19.7. The summed E-state index contributed by atoms with van der Waals surface area (Å²) < 4.78 is 19.8. The van der Waals surface area contributed by atoms with E-state index in [0.29, 0.717) is 47.0 Å². The van der Waals surface area contributed by atoms with E-state index < -0.39 is 24.2 Å². The highest BCUT2D eigenvalue weighted by Gasteiger charge is 2.27. The lowest BCUT2D eigenvalue weighted by Crippen LogP contribution is -2.20. The largest absolute Gasteiger partial charge is 0.454 e. The average Bonchev–Trinajstić information content (AvgIpc) is 2.83. The number of halogens is 2. The first-order valence-electron chi connectivity index (χ1n) is 10.9. The van der Waals surface area contributed by atoms with E-state index in [1.54, 1.807) is 42.5 Å². The Labute approximate surface area is 206 Å². The fraction of sp³-hybridized carbons (Fsp3) is 0.185. The Hall–Kier alpha value is -4.02. The van der Waals surface area contributed by atoms with E-state index in [4.69, 9.17) is 32.3 Å². The van der Waals surface area contributed by atoms with Crippen LogP contribution < -0.4 is 5.73 Å². The van der Waals surface area contributed by atoms with Gasteiger partial charge in [0, 0.05) is 16.6 Å². The summed E-state index contributed by atoms with van der Waals surface area (Å²) in [5.41, 5.74) is 8.50. The van der Waals surface area contributed by atoms with Gasteiger partial charge in [-0.15, -0.1) is 0 Å². The number of hydrogen-bond acceptors (Lipinski definition) is 6. The van der Waals surface area contributed by atoms with Crippen molar-refractivity contribution in [3.63, 3.8) is 0 Å². The van der Waals surface area contributed by atoms with E-state index in [1.165, 1.54) is 19.1 Å². The van der Waals surface area contributed by atoms with Gasteiger partial charge in [0.05, 0.1) is 21.8 Å². The highest BCUT2D eigenvalue weighted by Crippen LogP contribution is 2.37. The number of nitrogens with two attached hydrogens (primary N) is 1. The Morgan fingerprint density at radius 2 is 2.00 bits per heavy atom. The van der Waals surface area contributed by atoms with Crippen molar-refractivity contribution in [2.24, 2.45) is 5.73 Å². The first kappa shape index (κ1) is 24.1. The number of ether oxygens (including phenoxy) is 1. The lowest BCUT2D eigenvalue weighted by molar-refractivity contribution is -0.118. The molecule has 0 bridgehead atoms. The summed E-state index contributed by atoms with van der Waals surface area (Å²) in [6.45, 7) is 0.815. The summed E-state index contributed by atoms with van der Waals surface area (Å²) in [5, 5.41) is 10.00. The molecule has 4 rings (SSSR count). The number of benzene rings is 2. The minimum Gasteiger partial charge on any atom is -0.454 e. The fourth-order valence-electron chi connectivity index (χ4n) is 4.18. The molecule has 1 aliphatic rings. The predicted molar refractivity (Wildman–Crippen MR) is 132 cm³/mol. The standard InChI is InChI=1S/C27H21ClFN3O3/c1-15(31)20(13-30)24(33)14-35-27(34)25-17-7-2-3-11-23(17)32-26-16(6-4-8-18(25)26)12-19-21(28)9-5-10-22(19)29/h2-3,5,7,9-12H,4,6,8,14,31H2,1H3/b16-12+,20-15+. The molecule has 0 radical (unpaired) electrons. The number of nitrogens with zero attached hydrogens (tertiary/aromatic N) is 2. The minimum atomic E-state index is -0.703. The number of allylic oxidation sites excluding steroid dienone is 2. The third kappa shape index (κ3) is 4.79. The maximum Gasteiger partial charge on any atom is 0.339 e. The van der Waals surface area contributed by atoms with Crippen LogP contribution in [0.1, 0.15) is 46.9 Å². The van der Waals surface area contributed by atoms with E-state index >= 15 is 0 Å². The van der Waals surface area contributed by atoms with Crippen LogP contribution in [0.4, 0.5) is 4.39 Å². The SMILES string of the molecule is C/C(N)=C(/C#N)C(=O)COC(=O)c1c2c(nc3ccccc13)/C(=C/c1c(F)cccc1Cl)CCC2. The second kappa shape index (κ2) is 10.1. The highest BCUT2D eigenvalue weighted by molar-refractivity contribution is 6.32. The summed E-state index contributed by atoms with van der Waals surface area (Å²) in [4.78, 5) is 30.4. The molecule has 2 aromatic carbocycles. The van der Waals surface area contributed by atoms with E-state index in [9.17, 15) is 14.0 Å². The first-order valence-corrected chi connectivity index (χ1v) is 11.3. The van der Waals surface area contributed by atoms with Crippen molar-refractivity contribution in [2.45, 2.75) is 26.2 Å². The summed E-state index contributed by atoms with van der Waals surface area (Å²) in [5.74, 6) is -1.83. The number of nitriles is 1. The number of carbonyl (C=O) groups is 2. The predicted octanol–water partition coefficient (Wildman–Crippen LogP) is 5.39. The third-order valence-electron chi connectivity index (χ3n) is 5.81. The number of esters is 1. The molecular weight excluding hydrogens is 469 g/mol. The van der Waals surface area contributed by atoms with Crippen molar-refractivity contribution in [1.29, 1.82) is 5.26 Å². The van der Waals surface area contributed by atoms with Gasteiger partial charge >= 0.3 is 5.97 Å². The van der Waals surface area contributed by atoms with Gasteiger partial charge in [-0.1, -0.05) is 35.9 Å². The number of carbonyl (C=O) groups excluding carboxylic acids is 2. The molecule has 0 spiro atoms. The maximum atomic E-state index is 14.5. The van der Waals surface area contributed by atoms with Crippen LogP contribution in [0, 0.1) is 17.1 Å². The van der Waals surface area contributed by atoms with Crippen LogP contribution in [0.15, 0.2) is 53.7 Å². The van der Waals surface area contributed by atoms with Crippen molar-refractivity contribution in [2.75, 3.05) is 6.61 Å². The van der Waals surface area contributed by atoms with Gasteiger partial charge in [0.25, 0.3) is 0 Å². The smallest absolute Gasteiger partial charge is 0.339 e. The Morgan fingerprint density at radius 3 is 2.71 bits per heavy atom. The topological polar surface area (TPSA) is 106 Å². The molecular formula is C27H21ClFN3O3. The Morgan fingerprint density at radius 1 is 1.23 bits per heavy atom. The van der Waals surface area contributed by atoms with E-state index in [0.717, 1.165) is 5.57 Å². The quantitative estimate of drug-likeness (QED) is 0.293. The van der Waals surface area contributed by atoms with Gasteiger partial charge in [0.1, 0.15) is 17.5 Å². The van der Waals surface area contributed by atoms with Crippen LogP contribution in [-0.2, 0) is 16.0 Å². The Kier molecular flexibility index (Phi) is 6.94. The normalized spacial score (nSPS) is 14.7. The zero-order chi connectivity index (χ0) is 25.1. The van der Waals surface area contributed by atoms with E-state index in [-0.39, 0.29) is 21.9 Å². The number of aromatic nitrogens is 1. The molecule has 6 nitrogen and oxygen atoms in total. The molecule has 1 aliphatic carbocycles. The molecule has 1 aromatic heterocycles. The molecule has 3 aromatic rings. The van der Waals surface area contributed by atoms with Crippen LogP contribution >= 0.6 is 11.6 Å². The van der Waals surface area contributed by atoms with Gasteiger partial charge in [0.15, 0.2) is 6.61 Å². The third-order valence-corrected chi connectivity index (χ3v) is 6.14. The number of Topliss-reactive ketones (excluding diaryl/α,β-unsaturated/α-hetero) is 1. The molecule has 0 atom stereocenters. The molecule has 0 unspecified atom stereocenters. The van der Waals surface area contributed by atoms with Gasteiger partial charge < -0.3 is 10.5 Å². The van der Waals surface area contributed by atoms with Gasteiger partial charge in [-0.3, -0.25) is 4.79 Å². The zero-order valence-electron chi connectivity index (χ0n) is 18.9. The van der Waals surface area contributed by atoms with Crippen LogP contribution in [0.5, 0.6) is 0 Å². The fourth-order valence-corrected chi connectivity index (χ4v) is 4.39. The van der Waals surface area contributed by atoms with Gasteiger partial charge in [-0.05, 0) is 61.6 Å². The molecule has 1 heterocycles. The molecule has 176 valence electrons. The molecule has 35 heavy (non-hydrogen) atoms. The van der Waals surface area contributed by atoms with Gasteiger partial charge in [-0.25, -0.2) is 14.2 Å². The minimum absolute atomic E-state index is 0.0573. The molecule has 0 saturated carbocycles. The average molecular weight is 490 g/mol. The number of pyridine rings is 1. The van der Waals surface area contributed by atoms with Crippen LogP contribution in [0.25, 0.3) is 22.6 Å². The van der Waals surface area contributed by atoms with Gasteiger partial charge in [-0.2, -0.15) is 5.26 Å². The number of fused-ring (bicyclic) bond motifs is 2. The Bertz CT molecular complexity index is 1450. The van der Waals surface area contributed by atoms with Crippen LogP contribution in [0.2, 0.25) is 5.02 Å². The summed E-state index contributed by atoms with van der Waals surface area (Å²) >= 11 is 6.24. The van der Waals surface area contributed by atoms with Gasteiger partial charge in [0.2, 0.25) is 5.78 Å².